The summed E-state index contributed by atoms with van der Waals surface area (Å²) in [6.45, 7) is 0. The lowest BCUT2D eigenvalue weighted by molar-refractivity contribution is 0.103. The second-order valence-corrected chi connectivity index (χ2v) is 5.65. The van der Waals surface area contributed by atoms with E-state index in [1.807, 2.05) is 48.5 Å². The van der Waals surface area contributed by atoms with Crippen molar-refractivity contribution in [3.63, 3.8) is 0 Å². The van der Waals surface area contributed by atoms with Crippen LogP contribution < -0.4 is 0 Å². The van der Waals surface area contributed by atoms with Crippen LogP contribution in [-0.4, -0.2) is 5.78 Å². The van der Waals surface area contributed by atoms with E-state index in [1.54, 1.807) is 33.4 Å². The van der Waals surface area contributed by atoms with Crippen LogP contribution in [0.25, 0.3) is 11.1 Å². The van der Waals surface area contributed by atoms with Crippen LogP contribution in [0.5, 0.6) is 0 Å². The first-order valence-corrected chi connectivity index (χ1v) is 8.18. The lowest BCUT2D eigenvalue weighted by Crippen LogP contribution is -2.05. The monoisotopic (exact) mass is 374 g/mol. The average molecular weight is 375 g/mol. The average Bonchev–Trinajstić information content (AvgIpc) is 2.64. The third kappa shape index (κ3) is 3.91. The number of rotatable bonds is 3. The molecule has 2 nitrogen and oxygen atoms in total. The van der Waals surface area contributed by atoms with Gasteiger partial charge in [-0.1, -0.05) is 83.9 Å². The Morgan fingerprint density at radius 2 is 1.25 bits per heavy atom. The second-order valence-electron chi connectivity index (χ2n) is 4.84. The molecule has 3 aromatic rings. The molecule has 0 N–H and O–H groups in total. The van der Waals surface area contributed by atoms with Gasteiger partial charge < -0.3 is 0 Å². The molecule has 0 saturated carbocycles. The Bertz CT molecular complexity index is 831. The Kier molecular flexibility index (Phi) is 6.69. The van der Waals surface area contributed by atoms with Crippen LogP contribution in [0.4, 0.5) is 0 Å². The number of hydrogen-bond acceptors (Lipinski definition) is 2. The summed E-state index contributed by atoms with van der Waals surface area (Å²) in [5.74, 6) is -0.171. The smallest absolute Gasteiger partial charge is 0.196 e. The maximum absolute atomic E-state index is 12.9. The molecule has 0 saturated heterocycles. The number of carbonyl (C=O) groups excluding carboxylic acids is 1. The lowest BCUT2D eigenvalue weighted by Gasteiger charge is -2.11. The van der Waals surface area contributed by atoms with Gasteiger partial charge in [0.15, 0.2) is 5.78 Å². The van der Waals surface area contributed by atoms with Crippen molar-refractivity contribution in [1.82, 2.24) is 0 Å². The first kappa shape index (κ1) is 18.4. The third-order valence-corrected chi connectivity index (χ3v) is 4.08. The fraction of sp³-hybridized carbons (Fsp3) is 0. The van der Waals surface area contributed by atoms with Gasteiger partial charge in [-0.05, 0) is 23.3 Å². The minimum atomic E-state index is -0.171. The Balaban J connectivity index is 0.00000100. The van der Waals surface area contributed by atoms with Gasteiger partial charge in [0.25, 0.3) is 0 Å². The molecule has 0 spiro atoms. The second kappa shape index (κ2) is 8.75. The number of benzene rings is 3. The number of halogens is 2. The molecule has 0 heterocycles. The van der Waals surface area contributed by atoms with Gasteiger partial charge in [0, 0.05) is 5.56 Å². The maximum Gasteiger partial charge on any atom is 0.196 e. The molecular formula is C19H13Cl2O2P. The number of ketones is 1. The van der Waals surface area contributed by atoms with E-state index in [9.17, 15) is 4.79 Å². The van der Waals surface area contributed by atoms with E-state index in [1.165, 1.54) is 0 Å². The molecule has 0 unspecified atom stereocenters. The highest BCUT2D eigenvalue weighted by Gasteiger charge is 2.19. The van der Waals surface area contributed by atoms with Gasteiger partial charge in [0.2, 0.25) is 0 Å². The van der Waals surface area contributed by atoms with E-state index in [-0.39, 0.29) is 5.78 Å². The molecule has 24 heavy (non-hydrogen) atoms. The van der Waals surface area contributed by atoms with Crippen LogP contribution in [-0.2, 0) is 4.57 Å². The Morgan fingerprint density at radius 3 is 1.88 bits per heavy atom. The summed E-state index contributed by atoms with van der Waals surface area (Å²) in [5.41, 5.74) is 2.77. The Labute approximate surface area is 152 Å². The van der Waals surface area contributed by atoms with Crippen LogP contribution in [0.1, 0.15) is 15.9 Å². The zero-order valence-electron chi connectivity index (χ0n) is 12.5. The van der Waals surface area contributed by atoms with Crippen molar-refractivity contribution >= 4 is 38.1 Å². The molecule has 0 aromatic heterocycles. The first-order valence-electron chi connectivity index (χ1n) is 7.02. The van der Waals surface area contributed by atoms with Crippen LogP contribution in [0, 0.1) is 0 Å². The predicted octanol–water partition coefficient (Wildman–Crippen LogP) is 6.37. The fourth-order valence-electron chi connectivity index (χ4n) is 2.40. The molecule has 0 fully saturated rings. The van der Waals surface area contributed by atoms with Crippen LogP contribution in [0.3, 0.4) is 0 Å². The van der Waals surface area contributed by atoms with Gasteiger partial charge in [-0.3, -0.25) is 9.36 Å². The summed E-state index contributed by atoms with van der Waals surface area (Å²) < 4.78 is 8.06. The van der Waals surface area contributed by atoms with Crippen molar-refractivity contribution in [2.75, 3.05) is 0 Å². The van der Waals surface area contributed by atoms with Gasteiger partial charge in [-0.15, -0.1) is 0 Å². The Hall–Kier alpha value is -1.99. The van der Waals surface area contributed by atoms with Crippen molar-refractivity contribution in [2.24, 2.45) is 0 Å². The largest absolute Gasteiger partial charge is 0.288 e. The van der Waals surface area contributed by atoms with E-state index >= 15 is 0 Å². The lowest BCUT2D eigenvalue weighted by atomic mass is 9.94. The topological polar surface area (TPSA) is 34.1 Å². The summed E-state index contributed by atoms with van der Waals surface area (Å²) in [4.78, 5) is 12.9. The molecule has 3 aromatic carbocycles. The standard InChI is InChI=1S/C19H12Cl2O.HOP/c20-16-11-6-12-17(21)18(16)19(22)15-10-5-4-9-14(15)13-7-2-1-3-8-13;1-2/h1-12H;2H. The number of carbonyl (C=O) groups is 1. The molecule has 5 heteroatoms. The van der Waals surface area contributed by atoms with Crippen molar-refractivity contribution in [3.05, 3.63) is 94.0 Å². The summed E-state index contributed by atoms with van der Waals surface area (Å²) in [7, 11) is 1.72. The Morgan fingerprint density at radius 1 is 0.708 bits per heavy atom. The summed E-state index contributed by atoms with van der Waals surface area (Å²) in [6, 6.07) is 22.3. The van der Waals surface area contributed by atoms with E-state index < -0.39 is 0 Å². The highest BCUT2D eigenvalue weighted by atomic mass is 35.5. The van der Waals surface area contributed by atoms with Crippen molar-refractivity contribution in [3.8, 4) is 11.1 Å². The normalized spacial score (nSPS) is 9.75. The molecule has 3 rings (SSSR count). The molecule has 0 bridgehead atoms. The summed E-state index contributed by atoms with van der Waals surface area (Å²) >= 11 is 12.3. The zero-order chi connectivity index (χ0) is 17.5. The van der Waals surface area contributed by atoms with Gasteiger partial charge in [-0.25, -0.2) is 0 Å². The van der Waals surface area contributed by atoms with E-state index in [0.717, 1.165) is 11.1 Å². The van der Waals surface area contributed by atoms with E-state index in [2.05, 4.69) is 0 Å². The van der Waals surface area contributed by atoms with Crippen molar-refractivity contribution < 1.29 is 9.36 Å². The SMILES string of the molecule is O=C(c1ccccc1-c1ccccc1)c1c(Cl)cccc1Cl.O=P. The van der Waals surface area contributed by atoms with E-state index in [4.69, 9.17) is 27.8 Å². The van der Waals surface area contributed by atoms with Gasteiger partial charge >= 0.3 is 0 Å². The predicted molar refractivity (Wildman–Crippen MR) is 101 cm³/mol. The van der Waals surface area contributed by atoms with Crippen molar-refractivity contribution in [1.29, 1.82) is 0 Å². The maximum atomic E-state index is 12.9. The molecule has 0 aliphatic rings. The van der Waals surface area contributed by atoms with Gasteiger partial charge in [-0.2, -0.15) is 0 Å². The molecule has 120 valence electrons. The highest BCUT2D eigenvalue weighted by molar-refractivity contribution is 7.00. The quantitative estimate of drug-likeness (QED) is 0.394. The van der Waals surface area contributed by atoms with Gasteiger partial charge in [0.1, 0.15) is 9.12 Å². The molecule has 0 atom stereocenters. The fourth-order valence-corrected chi connectivity index (χ4v) is 2.97. The van der Waals surface area contributed by atoms with Crippen LogP contribution >= 0.6 is 32.3 Å². The summed E-state index contributed by atoms with van der Waals surface area (Å²) in [6.07, 6.45) is 0. The van der Waals surface area contributed by atoms with Crippen molar-refractivity contribution in [2.45, 2.75) is 0 Å². The van der Waals surface area contributed by atoms with E-state index in [0.29, 0.717) is 21.2 Å². The zero-order valence-corrected chi connectivity index (χ0v) is 15.0. The molecular weight excluding hydrogens is 362 g/mol. The highest BCUT2D eigenvalue weighted by Crippen LogP contribution is 2.31. The molecule has 0 aliphatic carbocycles. The minimum Gasteiger partial charge on any atom is -0.288 e. The minimum absolute atomic E-state index is 0.171. The first-order chi connectivity index (χ1) is 11.7. The van der Waals surface area contributed by atoms with Crippen LogP contribution in [0.15, 0.2) is 72.8 Å². The van der Waals surface area contributed by atoms with Crippen LogP contribution in [0.2, 0.25) is 10.0 Å². The van der Waals surface area contributed by atoms with Gasteiger partial charge in [0.05, 0.1) is 15.6 Å². The molecule has 0 amide bonds. The third-order valence-electron chi connectivity index (χ3n) is 3.45. The molecule has 0 aliphatic heterocycles. The number of hydrogen-bond donors (Lipinski definition) is 0. The molecule has 0 radical (unpaired) electrons. The summed E-state index contributed by atoms with van der Waals surface area (Å²) in [5, 5.41) is 0.723.